The monoisotopic (exact) mass is 665 g/mol. The molecule has 0 aliphatic carbocycles. The first kappa shape index (κ1) is 32.9. The standard InChI is InChI=1S/C34H38ClF2N7O3/c1-21(36)33(45)44-16-15-43(17-24(44)9-12-38)32-25-11-14-42(28-6-4-5-22-7-8-26(37)31(35)30(22)28)18-27(25)39-34(40-32)47-20-29-23(19-46-3)10-13-41(29)2/h4-8,23-24,29H,1,9-11,13-20H2,2-3H3/t23-,24+,29?/m1/s1. The number of nitrogens with zero attached hydrogens (tertiary/aromatic N) is 7. The van der Waals surface area contributed by atoms with Crippen LogP contribution in [-0.4, -0.2) is 97.9 Å². The van der Waals surface area contributed by atoms with Crippen LogP contribution in [-0.2, 0) is 22.5 Å². The molecule has 248 valence electrons. The molecule has 3 aromatic rings. The average molecular weight is 666 g/mol. The number of piperazine rings is 1. The molecular weight excluding hydrogens is 628 g/mol. The predicted octanol–water partition coefficient (Wildman–Crippen LogP) is 4.74. The molecule has 3 aliphatic heterocycles. The number of benzene rings is 2. The number of nitriles is 1. The predicted molar refractivity (Wildman–Crippen MR) is 176 cm³/mol. The zero-order valence-electron chi connectivity index (χ0n) is 26.6. The molecule has 0 spiro atoms. The Balaban J connectivity index is 1.35. The Bertz CT molecular complexity index is 1720. The number of amides is 1. The Morgan fingerprint density at radius 2 is 1.98 bits per heavy atom. The maximum atomic E-state index is 14.6. The molecule has 10 nitrogen and oxygen atoms in total. The molecule has 0 saturated carbocycles. The van der Waals surface area contributed by atoms with Gasteiger partial charge in [-0.3, -0.25) is 9.69 Å². The van der Waals surface area contributed by atoms with Crippen molar-refractivity contribution >= 4 is 39.8 Å². The van der Waals surface area contributed by atoms with Crippen molar-refractivity contribution in [1.82, 2.24) is 19.8 Å². The quantitative estimate of drug-likeness (QED) is 0.300. The van der Waals surface area contributed by atoms with Crippen molar-refractivity contribution in [2.24, 2.45) is 5.92 Å². The second kappa shape index (κ2) is 14.0. The molecule has 4 heterocycles. The van der Waals surface area contributed by atoms with Crippen LogP contribution in [0.25, 0.3) is 10.8 Å². The number of aromatic nitrogens is 2. The molecule has 13 heteroatoms. The number of rotatable bonds is 9. The first-order valence-corrected chi connectivity index (χ1v) is 16.2. The maximum absolute atomic E-state index is 14.6. The van der Waals surface area contributed by atoms with E-state index in [1.165, 1.54) is 11.0 Å². The number of carbonyl (C=O) groups excluding carboxylic acids is 1. The van der Waals surface area contributed by atoms with Crippen LogP contribution < -0.4 is 14.5 Å². The molecule has 0 radical (unpaired) electrons. The molecule has 6 rings (SSSR count). The first-order valence-electron chi connectivity index (χ1n) is 15.8. The van der Waals surface area contributed by atoms with Crippen LogP contribution in [0.3, 0.4) is 0 Å². The summed E-state index contributed by atoms with van der Waals surface area (Å²) >= 11 is 6.50. The van der Waals surface area contributed by atoms with Crippen LogP contribution in [0, 0.1) is 23.1 Å². The Morgan fingerprint density at radius 1 is 1.15 bits per heavy atom. The van der Waals surface area contributed by atoms with Crippen molar-refractivity contribution in [3.05, 3.63) is 64.8 Å². The molecule has 47 heavy (non-hydrogen) atoms. The van der Waals surface area contributed by atoms with E-state index in [2.05, 4.69) is 29.5 Å². The Labute approximate surface area is 278 Å². The van der Waals surface area contributed by atoms with Crippen molar-refractivity contribution in [3.63, 3.8) is 0 Å². The number of fused-ring (bicyclic) bond motifs is 2. The molecule has 3 atom stereocenters. The van der Waals surface area contributed by atoms with Crippen molar-refractivity contribution in [2.45, 2.75) is 37.9 Å². The van der Waals surface area contributed by atoms with Crippen molar-refractivity contribution in [1.29, 1.82) is 5.26 Å². The highest BCUT2D eigenvalue weighted by Gasteiger charge is 2.36. The van der Waals surface area contributed by atoms with Gasteiger partial charge in [-0.25, -0.2) is 8.78 Å². The molecule has 1 amide bonds. The summed E-state index contributed by atoms with van der Waals surface area (Å²) in [6, 6.07) is 10.8. The van der Waals surface area contributed by atoms with Gasteiger partial charge in [0.1, 0.15) is 18.2 Å². The summed E-state index contributed by atoms with van der Waals surface area (Å²) in [5.41, 5.74) is 2.51. The van der Waals surface area contributed by atoms with Crippen LogP contribution in [0.1, 0.15) is 24.1 Å². The minimum absolute atomic E-state index is 0.0350. The molecule has 1 aromatic heterocycles. The molecular formula is C34H38ClF2N7O3. The van der Waals surface area contributed by atoms with Gasteiger partial charge in [-0.05, 0) is 44.0 Å². The normalized spacial score (nSPS) is 21.5. The molecule has 0 bridgehead atoms. The van der Waals surface area contributed by atoms with Gasteiger partial charge in [-0.1, -0.05) is 36.4 Å². The van der Waals surface area contributed by atoms with Crippen LogP contribution in [0.4, 0.5) is 20.3 Å². The minimum atomic E-state index is -1.05. The first-order chi connectivity index (χ1) is 22.7. The number of halogens is 3. The van der Waals surface area contributed by atoms with Gasteiger partial charge in [0, 0.05) is 61.9 Å². The van der Waals surface area contributed by atoms with Gasteiger partial charge < -0.3 is 24.2 Å². The van der Waals surface area contributed by atoms with Gasteiger partial charge in [0.05, 0.1) is 42.4 Å². The number of likely N-dealkylation sites (tertiary alicyclic amines) is 1. The highest BCUT2D eigenvalue weighted by atomic mass is 35.5. The maximum Gasteiger partial charge on any atom is 0.318 e. The van der Waals surface area contributed by atoms with Crippen molar-refractivity contribution in [3.8, 4) is 12.1 Å². The van der Waals surface area contributed by atoms with E-state index in [0.29, 0.717) is 62.9 Å². The van der Waals surface area contributed by atoms with E-state index in [4.69, 9.17) is 31.0 Å². The highest BCUT2D eigenvalue weighted by Crippen LogP contribution is 2.38. The third-order valence-corrected chi connectivity index (χ3v) is 9.97. The van der Waals surface area contributed by atoms with Crippen molar-refractivity contribution in [2.75, 3.05) is 69.9 Å². The highest BCUT2D eigenvalue weighted by molar-refractivity contribution is 6.36. The number of carbonyl (C=O) groups is 1. The fraction of sp³-hybridized carbons (Fsp3) is 0.471. The van der Waals surface area contributed by atoms with E-state index in [9.17, 15) is 18.8 Å². The average Bonchev–Trinajstić information content (AvgIpc) is 3.42. The van der Waals surface area contributed by atoms with Gasteiger partial charge in [-0.2, -0.15) is 15.2 Å². The summed E-state index contributed by atoms with van der Waals surface area (Å²) in [7, 11) is 3.77. The van der Waals surface area contributed by atoms with E-state index < -0.39 is 23.6 Å². The third-order valence-electron chi connectivity index (χ3n) is 9.61. The van der Waals surface area contributed by atoms with E-state index in [1.807, 2.05) is 23.1 Å². The van der Waals surface area contributed by atoms with Crippen LogP contribution >= 0.6 is 11.6 Å². The number of ether oxygens (including phenoxy) is 2. The molecule has 2 saturated heterocycles. The van der Waals surface area contributed by atoms with Gasteiger partial charge in [0.15, 0.2) is 5.83 Å². The van der Waals surface area contributed by atoms with Gasteiger partial charge >= 0.3 is 6.01 Å². The zero-order valence-corrected chi connectivity index (χ0v) is 27.3. The lowest BCUT2D eigenvalue weighted by Gasteiger charge is -2.42. The number of methoxy groups -OCH3 is 1. The van der Waals surface area contributed by atoms with E-state index in [1.54, 1.807) is 13.2 Å². The lowest BCUT2D eigenvalue weighted by molar-refractivity contribution is -0.131. The fourth-order valence-electron chi connectivity index (χ4n) is 7.15. The molecule has 3 aliphatic rings. The zero-order chi connectivity index (χ0) is 33.2. The van der Waals surface area contributed by atoms with Crippen LogP contribution in [0.5, 0.6) is 6.01 Å². The van der Waals surface area contributed by atoms with E-state index in [0.717, 1.165) is 35.3 Å². The molecule has 2 aromatic carbocycles. The number of likely N-dealkylation sites (N-methyl/N-ethyl adjacent to an activating group) is 1. The Morgan fingerprint density at radius 3 is 2.74 bits per heavy atom. The van der Waals surface area contributed by atoms with Gasteiger partial charge in [-0.15, -0.1) is 0 Å². The molecule has 2 fully saturated rings. The van der Waals surface area contributed by atoms with Gasteiger partial charge in [0.2, 0.25) is 0 Å². The van der Waals surface area contributed by atoms with Gasteiger partial charge in [0.25, 0.3) is 5.91 Å². The van der Waals surface area contributed by atoms with Crippen LogP contribution in [0.15, 0.2) is 42.7 Å². The fourth-order valence-corrected chi connectivity index (χ4v) is 7.41. The van der Waals surface area contributed by atoms with Crippen molar-refractivity contribution < 1.29 is 23.0 Å². The number of hydrogen-bond donors (Lipinski definition) is 0. The number of anilines is 2. The Hall–Kier alpha value is -4.05. The smallest absolute Gasteiger partial charge is 0.318 e. The number of hydrogen-bond acceptors (Lipinski definition) is 9. The Kier molecular flexibility index (Phi) is 9.77. The molecule has 1 unspecified atom stereocenters. The topological polar surface area (TPSA) is 98.1 Å². The lowest BCUT2D eigenvalue weighted by atomic mass is 10.0. The van der Waals surface area contributed by atoms with E-state index in [-0.39, 0.29) is 30.0 Å². The minimum Gasteiger partial charge on any atom is -0.462 e. The summed E-state index contributed by atoms with van der Waals surface area (Å²) in [5.74, 6) is -1.33. The molecule has 0 N–H and O–H groups in total. The summed E-state index contributed by atoms with van der Waals surface area (Å²) in [5, 5.41) is 11.1. The second-order valence-corrected chi connectivity index (χ2v) is 12.8. The van der Waals surface area contributed by atoms with Crippen LogP contribution in [0.2, 0.25) is 5.02 Å². The third kappa shape index (κ3) is 6.57. The second-order valence-electron chi connectivity index (χ2n) is 12.4. The lowest BCUT2D eigenvalue weighted by Crippen LogP contribution is -2.55. The summed E-state index contributed by atoms with van der Waals surface area (Å²) < 4.78 is 40.3. The summed E-state index contributed by atoms with van der Waals surface area (Å²) in [6.07, 6.45) is 1.62. The van der Waals surface area contributed by atoms with E-state index >= 15 is 0 Å². The SMILES string of the molecule is C=C(F)C(=O)N1CCN(c2nc(OCC3[C@@H](COC)CCN3C)nc3c2CCN(c2cccc4ccc(F)c(Cl)c24)C3)C[C@@H]1CC#N. The largest absolute Gasteiger partial charge is 0.462 e. The summed E-state index contributed by atoms with van der Waals surface area (Å²) in [6.45, 7) is 7.01. The summed E-state index contributed by atoms with van der Waals surface area (Å²) in [4.78, 5) is 30.2.